The van der Waals surface area contributed by atoms with E-state index in [0.717, 1.165) is 11.3 Å². The molecule has 2 aromatic rings. The Labute approximate surface area is 77.3 Å². The minimum absolute atomic E-state index is 0.491. The maximum atomic E-state index is 5.65. The summed E-state index contributed by atoms with van der Waals surface area (Å²) in [5.74, 6) is 0.491. The number of benzene rings is 1. The van der Waals surface area contributed by atoms with E-state index in [1.807, 2.05) is 24.5 Å². The number of anilines is 1. The molecule has 0 aliphatic heterocycles. The molecule has 0 spiro atoms. The highest BCUT2D eigenvalue weighted by molar-refractivity contribution is 5.84. The molecule has 13 heavy (non-hydrogen) atoms. The van der Waals surface area contributed by atoms with Crippen LogP contribution in [0.15, 0.2) is 28.9 Å². The Hall–Kier alpha value is -1.44. The number of furan rings is 1. The van der Waals surface area contributed by atoms with Crippen molar-refractivity contribution >= 4 is 16.7 Å². The van der Waals surface area contributed by atoms with Crippen LogP contribution in [0.2, 0.25) is 0 Å². The quantitative estimate of drug-likeness (QED) is 0.676. The third-order valence-corrected chi connectivity index (χ3v) is 2.25. The molecule has 0 aliphatic rings. The lowest BCUT2D eigenvalue weighted by molar-refractivity contribution is 0.607. The molecule has 0 atom stereocenters. The van der Waals surface area contributed by atoms with E-state index >= 15 is 0 Å². The Balaban J connectivity index is 2.69. The Kier molecular flexibility index (Phi) is 1.76. The summed E-state index contributed by atoms with van der Waals surface area (Å²) >= 11 is 0. The Morgan fingerprint density at radius 2 is 2.08 bits per heavy atom. The van der Waals surface area contributed by atoms with Crippen LogP contribution in [0, 0.1) is 0 Å². The summed E-state index contributed by atoms with van der Waals surface area (Å²) in [5.41, 5.74) is 8.52. The molecule has 0 radical (unpaired) electrons. The molecule has 0 aliphatic carbocycles. The van der Waals surface area contributed by atoms with Crippen molar-refractivity contribution in [1.82, 2.24) is 0 Å². The van der Waals surface area contributed by atoms with Gasteiger partial charge in [-0.25, -0.2) is 0 Å². The van der Waals surface area contributed by atoms with Crippen LogP contribution in [-0.4, -0.2) is 0 Å². The lowest BCUT2D eigenvalue weighted by Crippen LogP contribution is -1.85. The molecule has 2 nitrogen and oxygen atoms in total. The monoisotopic (exact) mass is 175 g/mol. The van der Waals surface area contributed by atoms with Gasteiger partial charge in [0.05, 0.1) is 6.26 Å². The first-order chi connectivity index (χ1) is 6.18. The fourth-order valence-corrected chi connectivity index (χ4v) is 1.51. The summed E-state index contributed by atoms with van der Waals surface area (Å²) in [6.07, 6.45) is 1.81. The second-order valence-electron chi connectivity index (χ2n) is 3.60. The van der Waals surface area contributed by atoms with Crippen LogP contribution in [0.5, 0.6) is 0 Å². The van der Waals surface area contributed by atoms with E-state index in [1.54, 1.807) is 0 Å². The standard InChI is InChI=1S/C11H13NO/c1-7(2)10-6-13-11-5-8(12)3-4-9(10)11/h3-7H,12H2,1-2H3. The molecule has 0 fully saturated rings. The number of hydrogen-bond acceptors (Lipinski definition) is 2. The van der Waals surface area contributed by atoms with Crippen molar-refractivity contribution in [3.63, 3.8) is 0 Å². The lowest BCUT2D eigenvalue weighted by atomic mass is 10.0. The molecule has 2 heteroatoms. The summed E-state index contributed by atoms with van der Waals surface area (Å²) in [4.78, 5) is 0. The second kappa shape index (κ2) is 2.80. The van der Waals surface area contributed by atoms with Gasteiger partial charge in [0.15, 0.2) is 0 Å². The third-order valence-electron chi connectivity index (χ3n) is 2.25. The first-order valence-corrected chi connectivity index (χ1v) is 4.45. The van der Waals surface area contributed by atoms with Crippen molar-refractivity contribution in [2.75, 3.05) is 5.73 Å². The number of fused-ring (bicyclic) bond motifs is 1. The highest BCUT2D eigenvalue weighted by Gasteiger charge is 2.08. The molecule has 2 rings (SSSR count). The van der Waals surface area contributed by atoms with Crippen LogP contribution in [0.25, 0.3) is 11.0 Å². The Bertz CT molecular complexity index is 429. The van der Waals surface area contributed by atoms with Crippen LogP contribution in [0.3, 0.4) is 0 Å². The van der Waals surface area contributed by atoms with Gasteiger partial charge in [-0.2, -0.15) is 0 Å². The molecule has 0 saturated heterocycles. The summed E-state index contributed by atoms with van der Waals surface area (Å²) in [5, 5.41) is 1.17. The van der Waals surface area contributed by atoms with Crippen LogP contribution < -0.4 is 5.73 Å². The van der Waals surface area contributed by atoms with Gasteiger partial charge in [-0.05, 0) is 18.1 Å². The van der Waals surface area contributed by atoms with Crippen LogP contribution in [-0.2, 0) is 0 Å². The first-order valence-electron chi connectivity index (χ1n) is 4.45. The van der Waals surface area contributed by atoms with Crippen LogP contribution in [0.1, 0.15) is 25.3 Å². The van der Waals surface area contributed by atoms with Crippen LogP contribution in [0.4, 0.5) is 5.69 Å². The summed E-state index contributed by atoms with van der Waals surface area (Å²) < 4.78 is 5.41. The van der Waals surface area contributed by atoms with Crippen molar-refractivity contribution in [1.29, 1.82) is 0 Å². The second-order valence-corrected chi connectivity index (χ2v) is 3.60. The van der Waals surface area contributed by atoms with Crippen molar-refractivity contribution < 1.29 is 4.42 Å². The molecule has 1 aromatic carbocycles. The van der Waals surface area contributed by atoms with Gasteiger partial charge in [0.25, 0.3) is 0 Å². The maximum Gasteiger partial charge on any atom is 0.136 e. The van der Waals surface area contributed by atoms with Crippen molar-refractivity contribution in [2.24, 2.45) is 0 Å². The molecule has 0 bridgehead atoms. The van der Waals surface area contributed by atoms with E-state index in [2.05, 4.69) is 13.8 Å². The topological polar surface area (TPSA) is 39.2 Å². The number of rotatable bonds is 1. The van der Waals surface area contributed by atoms with Gasteiger partial charge in [0.1, 0.15) is 5.58 Å². The van der Waals surface area contributed by atoms with Crippen molar-refractivity contribution in [3.8, 4) is 0 Å². The molecule has 0 unspecified atom stereocenters. The van der Waals surface area contributed by atoms with Gasteiger partial charge >= 0.3 is 0 Å². The molecular formula is C11H13NO. The zero-order chi connectivity index (χ0) is 9.42. The third kappa shape index (κ3) is 1.28. The Morgan fingerprint density at radius 3 is 2.77 bits per heavy atom. The molecule has 68 valence electrons. The summed E-state index contributed by atoms with van der Waals surface area (Å²) in [7, 11) is 0. The van der Waals surface area contributed by atoms with Gasteiger partial charge < -0.3 is 10.2 Å². The van der Waals surface area contributed by atoms with Crippen molar-refractivity contribution in [2.45, 2.75) is 19.8 Å². The lowest BCUT2D eigenvalue weighted by Gasteiger charge is -2.00. The van der Waals surface area contributed by atoms with Crippen molar-refractivity contribution in [3.05, 3.63) is 30.0 Å². The number of hydrogen-bond donors (Lipinski definition) is 1. The van der Waals surface area contributed by atoms with Gasteiger partial charge in [0.2, 0.25) is 0 Å². The van der Waals surface area contributed by atoms with Gasteiger partial charge in [-0.1, -0.05) is 13.8 Å². The fraction of sp³-hybridized carbons (Fsp3) is 0.273. The SMILES string of the molecule is CC(C)c1coc2cc(N)ccc12. The maximum absolute atomic E-state index is 5.65. The van der Waals surface area contributed by atoms with Gasteiger partial charge in [-0.15, -0.1) is 0 Å². The van der Waals surface area contributed by atoms with E-state index in [0.29, 0.717) is 5.92 Å². The predicted octanol–water partition coefficient (Wildman–Crippen LogP) is 3.14. The van der Waals surface area contributed by atoms with Gasteiger partial charge in [0, 0.05) is 22.7 Å². The molecular weight excluding hydrogens is 162 g/mol. The largest absolute Gasteiger partial charge is 0.464 e. The number of nitrogen functional groups attached to an aromatic ring is 1. The molecule has 1 heterocycles. The van der Waals surface area contributed by atoms with E-state index in [1.165, 1.54) is 10.9 Å². The Morgan fingerprint density at radius 1 is 1.31 bits per heavy atom. The minimum atomic E-state index is 0.491. The van der Waals surface area contributed by atoms with Crippen LogP contribution >= 0.6 is 0 Å². The normalized spacial score (nSPS) is 11.3. The van der Waals surface area contributed by atoms with E-state index in [-0.39, 0.29) is 0 Å². The average molecular weight is 175 g/mol. The molecule has 0 amide bonds. The molecule has 0 saturated carbocycles. The van der Waals surface area contributed by atoms with E-state index in [9.17, 15) is 0 Å². The smallest absolute Gasteiger partial charge is 0.136 e. The first kappa shape index (κ1) is 8.17. The number of nitrogens with two attached hydrogens (primary N) is 1. The zero-order valence-electron chi connectivity index (χ0n) is 7.87. The predicted molar refractivity (Wildman–Crippen MR) is 54.7 cm³/mol. The van der Waals surface area contributed by atoms with Gasteiger partial charge in [-0.3, -0.25) is 0 Å². The fourth-order valence-electron chi connectivity index (χ4n) is 1.51. The zero-order valence-corrected chi connectivity index (χ0v) is 7.87. The summed E-state index contributed by atoms with van der Waals surface area (Å²) in [6.45, 7) is 4.31. The van der Waals surface area contributed by atoms with E-state index in [4.69, 9.17) is 10.2 Å². The molecule has 2 N–H and O–H groups in total. The van der Waals surface area contributed by atoms with E-state index < -0.39 is 0 Å². The molecule has 1 aromatic heterocycles. The highest BCUT2D eigenvalue weighted by atomic mass is 16.3. The summed E-state index contributed by atoms with van der Waals surface area (Å²) in [6, 6.07) is 5.79. The minimum Gasteiger partial charge on any atom is -0.464 e. The average Bonchev–Trinajstić information content (AvgIpc) is 2.46. The highest BCUT2D eigenvalue weighted by Crippen LogP contribution is 2.28.